The number of para-hydroxylation sites is 1. The van der Waals surface area contributed by atoms with Crippen molar-refractivity contribution in [3.63, 3.8) is 0 Å². The lowest BCUT2D eigenvalue weighted by atomic mass is 10.0. The van der Waals surface area contributed by atoms with Gasteiger partial charge in [0.2, 0.25) is 0 Å². The van der Waals surface area contributed by atoms with Crippen LogP contribution in [0.4, 0.5) is 5.69 Å². The number of hydrogen-bond acceptors (Lipinski definition) is 5. The maximum atomic E-state index is 12.4. The molecule has 0 bridgehead atoms. The second-order valence-electron chi connectivity index (χ2n) is 5.96. The molecule has 128 valence electrons. The summed E-state index contributed by atoms with van der Waals surface area (Å²) in [6.07, 6.45) is 0. The van der Waals surface area contributed by atoms with Crippen molar-refractivity contribution in [2.45, 2.75) is 19.0 Å². The normalized spacial score (nSPS) is 10.8. The van der Waals surface area contributed by atoms with Crippen LogP contribution in [0.2, 0.25) is 0 Å². The lowest BCUT2D eigenvalue weighted by Crippen LogP contribution is -2.05. The van der Waals surface area contributed by atoms with E-state index in [2.05, 4.69) is 10.2 Å². The molecule has 1 aromatic heterocycles. The standard InChI is InChI=1S/C19H20N4OS/c1-12-8-9-14(10-13(12)2)17(24)11-25-19-22-21-18(23(19)3)15-6-4-5-7-16(15)20/h4-10H,11,20H2,1-3H3. The van der Waals surface area contributed by atoms with Crippen LogP contribution in [0.25, 0.3) is 11.4 Å². The molecule has 0 aliphatic heterocycles. The summed E-state index contributed by atoms with van der Waals surface area (Å²) in [5.74, 6) is 1.09. The number of nitrogens with zero attached hydrogens (tertiary/aromatic N) is 3. The quantitative estimate of drug-likeness (QED) is 0.431. The Bertz CT molecular complexity index is 933. The Hall–Kier alpha value is -2.60. The Balaban J connectivity index is 1.75. The number of anilines is 1. The molecule has 0 saturated carbocycles. The number of carbonyl (C=O) groups excluding carboxylic acids is 1. The minimum Gasteiger partial charge on any atom is -0.398 e. The number of ketones is 1. The van der Waals surface area contributed by atoms with Crippen molar-refractivity contribution >= 4 is 23.2 Å². The third kappa shape index (κ3) is 3.58. The van der Waals surface area contributed by atoms with Crippen molar-refractivity contribution < 1.29 is 4.79 Å². The monoisotopic (exact) mass is 352 g/mol. The molecule has 3 aromatic rings. The third-order valence-corrected chi connectivity index (χ3v) is 5.22. The lowest BCUT2D eigenvalue weighted by molar-refractivity contribution is 0.102. The van der Waals surface area contributed by atoms with Crippen LogP contribution in [0.5, 0.6) is 0 Å². The second-order valence-corrected chi connectivity index (χ2v) is 6.91. The van der Waals surface area contributed by atoms with Gasteiger partial charge in [0, 0.05) is 23.9 Å². The maximum absolute atomic E-state index is 12.4. The largest absolute Gasteiger partial charge is 0.398 e. The molecular weight excluding hydrogens is 332 g/mol. The van der Waals surface area contributed by atoms with Crippen molar-refractivity contribution in [3.8, 4) is 11.4 Å². The van der Waals surface area contributed by atoms with Crippen LogP contribution in [0.3, 0.4) is 0 Å². The van der Waals surface area contributed by atoms with E-state index in [1.54, 1.807) is 0 Å². The van der Waals surface area contributed by atoms with E-state index >= 15 is 0 Å². The highest BCUT2D eigenvalue weighted by atomic mass is 32.2. The van der Waals surface area contributed by atoms with E-state index in [1.807, 2.05) is 67.9 Å². The van der Waals surface area contributed by atoms with E-state index in [1.165, 1.54) is 17.3 Å². The summed E-state index contributed by atoms with van der Waals surface area (Å²) in [4.78, 5) is 12.4. The number of aryl methyl sites for hydroxylation is 2. The average Bonchev–Trinajstić information content (AvgIpc) is 2.96. The molecule has 0 atom stereocenters. The van der Waals surface area contributed by atoms with Gasteiger partial charge in [0.1, 0.15) is 0 Å². The summed E-state index contributed by atoms with van der Waals surface area (Å²) < 4.78 is 1.87. The molecule has 0 amide bonds. The van der Waals surface area contributed by atoms with E-state index in [0.717, 1.165) is 16.7 Å². The molecule has 2 N–H and O–H groups in total. The molecule has 0 unspecified atom stereocenters. The van der Waals surface area contributed by atoms with Gasteiger partial charge in [-0.3, -0.25) is 4.79 Å². The van der Waals surface area contributed by atoms with Crippen LogP contribution in [0.15, 0.2) is 47.6 Å². The van der Waals surface area contributed by atoms with Crippen molar-refractivity contribution in [3.05, 3.63) is 59.2 Å². The molecular formula is C19H20N4OS. The van der Waals surface area contributed by atoms with Gasteiger partial charge in [-0.05, 0) is 43.2 Å². The summed E-state index contributed by atoms with van der Waals surface area (Å²) in [5, 5.41) is 9.11. The Labute approximate surface area is 151 Å². The first-order valence-electron chi connectivity index (χ1n) is 7.95. The number of aromatic nitrogens is 3. The number of nitrogens with two attached hydrogens (primary N) is 1. The number of carbonyl (C=O) groups is 1. The first kappa shape index (κ1) is 17.2. The highest BCUT2D eigenvalue weighted by molar-refractivity contribution is 7.99. The van der Waals surface area contributed by atoms with Crippen LogP contribution >= 0.6 is 11.8 Å². The predicted molar refractivity (Wildman–Crippen MR) is 102 cm³/mol. The lowest BCUT2D eigenvalue weighted by Gasteiger charge is -2.06. The number of benzene rings is 2. The predicted octanol–water partition coefficient (Wildman–Crippen LogP) is 3.66. The molecule has 1 heterocycles. The van der Waals surface area contributed by atoms with Gasteiger partial charge < -0.3 is 10.3 Å². The zero-order valence-electron chi connectivity index (χ0n) is 14.5. The van der Waals surface area contributed by atoms with E-state index in [9.17, 15) is 4.79 Å². The smallest absolute Gasteiger partial charge is 0.191 e. The van der Waals surface area contributed by atoms with E-state index < -0.39 is 0 Å². The topological polar surface area (TPSA) is 73.8 Å². The van der Waals surface area contributed by atoms with Crippen LogP contribution in [-0.2, 0) is 7.05 Å². The average molecular weight is 352 g/mol. The molecule has 6 heteroatoms. The van der Waals surface area contributed by atoms with E-state index in [4.69, 9.17) is 5.73 Å². The maximum Gasteiger partial charge on any atom is 0.191 e. The fourth-order valence-corrected chi connectivity index (χ4v) is 3.31. The summed E-state index contributed by atoms with van der Waals surface area (Å²) in [5.41, 5.74) is 10.5. The zero-order chi connectivity index (χ0) is 18.0. The van der Waals surface area contributed by atoms with E-state index in [-0.39, 0.29) is 5.78 Å². The molecule has 0 saturated heterocycles. The molecule has 0 fully saturated rings. The summed E-state index contributed by atoms with van der Waals surface area (Å²) >= 11 is 1.38. The van der Waals surface area contributed by atoms with E-state index in [0.29, 0.717) is 22.4 Å². The van der Waals surface area contributed by atoms with Gasteiger partial charge in [0.15, 0.2) is 16.8 Å². The van der Waals surface area contributed by atoms with Crippen LogP contribution in [-0.4, -0.2) is 26.3 Å². The minimum atomic E-state index is 0.0804. The molecule has 25 heavy (non-hydrogen) atoms. The highest BCUT2D eigenvalue weighted by Crippen LogP contribution is 2.27. The van der Waals surface area contributed by atoms with Gasteiger partial charge in [-0.1, -0.05) is 36.0 Å². The third-order valence-electron chi connectivity index (χ3n) is 4.20. The fourth-order valence-electron chi connectivity index (χ4n) is 2.50. The van der Waals surface area contributed by atoms with Crippen molar-refractivity contribution in [2.24, 2.45) is 7.05 Å². The van der Waals surface area contributed by atoms with Crippen molar-refractivity contribution in [1.29, 1.82) is 0 Å². The van der Waals surface area contributed by atoms with Gasteiger partial charge in [-0.2, -0.15) is 0 Å². The molecule has 0 aliphatic rings. The Kier molecular flexibility index (Phi) is 4.90. The fraction of sp³-hybridized carbons (Fsp3) is 0.211. The molecule has 3 rings (SSSR count). The van der Waals surface area contributed by atoms with Crippen molar-refractivity contribution in [1.82, 2.24) is 14.8 Å². The van der Waals surface area contributed by atoms with Crippen LogP contribution in [0, 0.1) is 13.8 Å². The molecule has 5 nitrogen and oxygen atoms in total. The van der Waals surface area contributed by atoms with Gasteiger partial charge >= 0.3 is 0 Å². The van der Waals surface area contributed by atoms with Gasteiger partial charge in [0.25, 0.3) is 0 Å². The minimum absolute atomic E-state index is 0.0804. The van der Waals surface area contributed by atoms with Crippen LogP contribution < -0.4 is 5.73 Å². The Morgan fingerprint density at radius 2 is 1.88 bits per heavy atom. The van der Waals surface area contributed by atoms with Crippen molar-refractivity contribution in [2.75, 3.05) is 11.5 Å². The highest BCUT2D eigenvalue weighted by Gasteiger charge is 2.15. The van der Waals surface area contributed by atoms with Crippen LogP contribution in [0.1, 0.15) is 21.5 Å². The number of hydrogen-bond donors (Lipinski definition) is 1. The molecule has 0 spiro atoms. The van der Waals surface area contributed by atoms with Gasteiger partial charge in [0.05, 0.1) is 5.75 Å². The second kappa shape index (κ2) is 7.11. The SMILES string of the molecule is Cc1ccc(C(=O)CSc2nnc(-c3ccccc3N)n2C)cc1C. The number of nitrogen functional groups attached to an aromatic ring is 1. The summed E-state index contributed by atoms with van der Waals surface area (Å²) in [6.45, 7) is 4.05. The summed E-state index contributed by atoms with van der Waals surface area (Å²) in [7, 11) is 1.88. The number of thioether (sulfide) groups is 1. The number of Topliss-reactive ketones (excluding diaryl/α,β-unsaturated/α-hetero) is 1. The first-order chi connectivity index (χ1) is 12.0. The first-order valence-corrected chi connectivity index (χ1v) is 8.93. The van der Waals surface area contributed by atoms with Gasteiger partial charge in [-0.15, -0.1) is 10.2 Å². The molecule has 2 aromatic carbocycles. The summed E-state index contributed by atoms with van der Waals surface area (Å²) in [6, 6.07) is 13.3. The van der Waals surface area contributed by atoms with Gasteiger partial charge in [-0.25, -0.2) is 0 Å². The molecule has 0 radical (unpaired) electrons. The molecule has 0 aliphatic carbocycles. The Morgan fingerprint density at radius 1 is 1.12 bits per heavy atom. The number of rotatable bonds is 5. The zero-order valence-corrected chi connectivity index (χ0v) is 15.3. The Morgan fingerprint density at radius 3 is 2.60 bits per heavy atom.